The summed E-state index contributed by atoms with van der Waals surface area (Å²) >= 11 is 1.48. The number of hydrogen-bond acceptors (Lipinski definition) is 6. The number of rotatable bonds is 2. The van der Waals surface area contributed by atoms with E-state index < -0.39 is 0 Å². The van der Waals surface area contributed by atoms with Gasteiger partial charge in [-0.15, -0.1) is 5.10 Å². The molecule has 0 saturated carbocycles. The third-order valence-electron chi connectivity index (χ3n) is 4.92. The number of aromatic nitrogens is 5. The smallest absolute Gasteiger partial charge is 0.275 e. The predicted molar refractivity (Wildman–Crippen MR) is 102 cm³/mol. The molecule has 8 heteroatoms. The number of aromatic amines is 1. The summed E-state index contributed by atoms with van der Waals surface area (Å²) in [6, 6.07) is 9.66. The molecule has 0 radical (unpaired) electrons. The van der Waals surface area contributed by atoms with Crippen LogP contribution in [0.5, 0.6) is 0 Å². The first-order valence-electron chi connectivity index (χ1n) is 8.74. The number of imidazole rings is 1. The maximum atomic E-state index is 12.1. The molecule has 1 aliphatic rings. The third-order valence-corrected chi connectivity index (χ3v) is 5.89. The summed E-state index contributed by atoms with van der Waals surface area (Å²) in [6.45, 7) is 3.63. The topological polar surface area (TPSA) is 79.2 Å². The number of nitrogens with zero attached hydrogens (tertiary/aromatic N) is 5. The van der Waals surface area contributed by atoms with E-state index in [2.05, 4.69) is 26.0 Å². The van der Waals surface area contributed by atoms with Crippen LogP contribution >= 0.6 is 11.3 Å². The zero-order chi connectivity index (χ0) is 17.7. The highest BCUT2D eigenvalue weighted by molar-refractivity contribution is 7.20. The van der Waals surface area contributed by atoms with Crippen molar-refractivity contribution in [2.75, 3.05) is 18.0 Å². The second-order valence-corrected chi connectivity index (χ2v) is 7.65. The van der Waals surface area contributed by atoms with Gasteiger partial charge < -0.3 is 9.88 Å². The van der Waals surface area contributed by atoms with Crippen molar-refractivity contribution < 1.29 is 0 Å². The summed E-state index contributed by atoms with van der Waals surface area (Å²) in [7, 11) is 0. The third kappa shape index (κ3) is 2.57. The van der Waals surface area contributed by atoms with Gasteiger partial charge in [0.25, 0.3) is 5.56 Å². The molecular weight excluding hydrogens is 348 g/mol. The number of piperidine rings is 1. The van der Waals surface area contributed by atoms with Crippen molar-refractivity contribution in [3.05, 3.63) is 52.2 Å². The minimum Gasteiger partial charge on any atom is -0.347 e. The van der Waals surface area contributed by atoms with Crippen molar-refractivity contribution in [3.63, 3.8) is 0 Å². The fraction of sp³-hybridized carbons (Fsp3) is 0.333. The summed E-state index contributed by atoms with van der Waals surface area (Å²) in [5, 5.41) is 5.34. The van der Waals surface area contributed by atoms with Gasteiger partial charge in [-0.1, -0.05) is 23.5 Å². The van der Waals surface area contributed by atoms with Crippen molar-refractivity contribution >= 4 is 32.5 Å². The van der Waals surface area contributed by atoms with Crippen LogP contribution in [0.3, 0.4) is 0 Å². The number of aryl methyl sites for hydroxylation is 1. The Labute approximate surface area is 153 Å². The highest BCUT2D eigenvalue weighted by Gasteiger charge is 2.25. The Morgan fingerprint density at radius 2 is 2.00 bits per heavy atom. The van der Waals surface area contributed by atoms with Crippen LogP contribution < -0.4 is 10.5 Å². The lowest BCUT2D eigenvalue weighted by atomic mass is 9.96. The molecule has 26 heavy (non-hydrogen) atoms. The highest BCUT2D eigenvalue weighted by atomic mass is 32.1. The van der Waals surface area contributed by atoms with Crippen LogP contribution in [0, 0.1) is 6.92 Å². The van der Waals surface area contributed by atoms with Gasteiger partial charge in [0.15, 0.2) is 0 Å². The number of H-pyrrole nitrogens is 1. The molecule has 0 aliphatic carbocycles. The molecule has 1 fully saturated rings. The fourth-order valence-corrected chi connectivity index (χ4v) is 4.55. The quantitative estimate of drug-likeness (QED) is 0.590. The van der Waals surface area contributed by atoms with E-state index in [-0.39, 0.29) is 5.56 Å². The highest BCUT2D eigenvalue weighted by Crippen LogP contribution is 2.31. The lowest BCUT2D eigenvalue weighted by Gasteiger charge is -2.30. The van der Waals surface area contributed by atoms with Gasteiger partial charge in [-0.2, -0.15) is 4.52 Å². The SMILES string of the molecule is Cc1cc(=O)n2nc(N3CCC(c4nc5ccccc5[nH]4)CC3)sc2n1. The normalized spacial score (nSPS) is 16.0. The molecule has 4 aromatic rings. The Morgan fingerprint density at radius 1 is 1.19 bits per heavy atom. The molecule has 7 nitrogen and oxygen atoms in total. The number of fused-ring (bicyclic) bond motifs is 2. The van der Waals surface area contributed by atoms with Crippen molar-refractivity contribution in [1.29, 1.82) is 0 Å². The number of nitrogens with one attached hydrogen (secondary N) is 1. The number of anilines is 1. The van der Waals surface area contributed by atoms with E-state index in [4.69, 9.17) is 4.98 Å². The molecule has 1 N–H and O–H groups in total. The van der Waals surface area contributed by atoms with E-state index in [0.29, 0.717) is 10.9 Å². The van der Waals surface area contributed by atoms with Gasteiger partial charge in [-0.05, 0) is 31.9 Å². The first kappa shape index (κ1) is 15.5. The molecule has 0 unspecified atom stereocenters. The van der Waals surface area contributed by atoms with E-state index >= 15 is 0 Å². The van der Waals surface area contributed by atoms with Gasteiger partial charge in [0, 0.05) is 30.8 Å². The molecule has 132 valence electrons. The van der Waals surface area contributed by atoms with E-state index in [0.717, 1.165) is 53.6 Å². The minimum absolute atomic E-state index is 0.118. The monoisotopic (exact) mass is 366 g/mol. The number of benzene rings is 1. The van der Waals surface area contributed by atoms with Crippen molar-refractivity contribution in [2.24, 2.45) is 0 Å². The second kappa shape index (κ2) is 5.91. The predicted octanol–water partition coefficient (Wildman–Crippen LogP) is 2.72. The molecular formula is C18H18N6OS. The zero-order valence-electron chi connectivity index (χ0n) is 14.3. The molecule has 4 heterocycles. The first-order chi connectivity index (χ1) is 12.7. The largest absolute Gasteiger partial charge is 0.347 e. The molecule has 0 spiro atoms. The summed E-state index contributed by atoms with van der Waals surface area (Å²) in [6.07, 6.45) is 2.02. The number of para-hydroxylation sites is 2. The van der Waals surface area contributed by atoms with Crippen LogP contribution in [0.4, 0.5) is 5.13 Å². The van der Waals surface area contributed by atoms with Crippen LogP contribution in [-0.2, 0) is 0 Å². The van der Waals surface area contributed by atoms with Gasteiger partial charge in [-0.3, -0.25) is 4.79 Å². The van der Waals surface area contributed by atoms with Crippen LogP contribution in [0.2, 0.25) is 0 Å². The van der Waals surface area contributed by atoms with Crippen LogP contribution in [-0.4, -0.2) is 37.7 Å². The van der Waals surface area contributed by atoms with Crippen LogP contribution in [0.15, 0.2) is 35.1 Å². The average molecular weight is 366 g/mol. The molecule has 5 rings (SSSR count). The Bertz CT molecular complexity index is 1120. The molecule has 0 bridgehead atoms. The van der Waals surface area contributed by atoms with Crippen LogP contribution in [0.25, 0.3) is 16.0 Å². The van der Waals surface area contributed by atoms with E-state index in [9.17, 15) is 4.79 Å². The summed E-state index contributed by atoms with van der Waals surface area (Å²) < 4.78 is 1.40. The van der Waals surface area contributed by atoms with E-state index in [1.54, 1.807) is 0 Å². The lowest BCUT2D eigenvalue weighted by Crippen LogP contribution is -2.33. The van der Waals surface area contributed by atoms with Gasteiger partial charge >= 0.3 is 0 Å². The van der Waals surface area contributed by atoms with Gasteiger partial charge in [0.1, 0.15) is 5.82 Å². The molecule has 1 saturated heterocycles. The van der Waals surface area contributed by atoms with E-state index in [1.807, 2.05) is 25.1 Å². The second-order valence-electron chi connectivity index (χ2n) is 6.72. The Hall–Kier alpha value is -2.74. The first-order valence-corrected chi connectivity index (χ1v) is 9.56. The van der Waals surface area contributed by atoms with Gasteiger partial charge in [0.05, 0.1) is 11.0 Å². The Morgan fingerprint density at radius 3 is 2.81 bits per heavy atom. The molecule has 0 atom stereocenters. The van der Waals surface area contributed by atoms with Crippen molar-refractivity contribution in [1.82, 2.24) is 24.6 Å². The summed E-state index contributed by atoms with van der Waals surface area (Å²) in [5.74, 6) is 1.50. The minimum atomic E-state index is -0.118. The fourth-order valence-electron chi connectivity index (χ4n) is 3.55. The van der Waals surface area contributed by atoms with Gasteiger partial charge in [-0.25, -0.2) is 9.97 Å². The molecule has 0 amide bonds. The van der Waals surface area contributed by atoms with E-state index in [1.165, 1.54) is 21.9 Å². The maximum Gasteiger partial charge on any atom is 0.275 e. The maximum absolute atomic E-state index is 12.1. The summed E-state index contributed by atoms with van der Waals surface area (Å²) in [4.78, 5) is 27.6. The van der Waals surface area contributed by atoms with Gasteiger partial charge in [0.2, 0.25) is 10.1 Å². The van der Waals surface area contributed by atoms with Crippen LogP contribution in [0.1, 0.15) is 30.3 Å². The molecule has 3 aromatic heterocycles. The standard InChI is InChI=1S/C18H18N6OS/c1-11-10-15(25)24-17(19-11)26-18(22-24)23-8-6-12(7-9-23)16-20-13-4-2-3-5-14(13)21-16/h2-5,10,12H,6-9H2,1H3,(H,20,21). The lowest BCUT2D eigenvalue weighted by molar-refractivity contribution is 0.488. The summed E-state index contributed by atoms with van der Waals surface area (Å²) in [5.41, 5.74) is 2.73. The average Bonchev–Trinajstić information content (AvgIpc) is 3.26. The van der Waals surface area contributed by atoms with Crippen molar-refractivity contribution in [3.8, 4) is 0 Å². The zero-order valence-corrected chi connectivity index (χ0v) is 15.2. The Balaban J connectivity index is 1.37. The number of hydrogen-bond donors (Lipinski definition) is 1. The molecule has 1 aliphatic heterocycles. The Kier molecular flexibility index (Phi) is 3.53. The molecule has 1 aromatic carbocycles. The van der Waals surface area contributed by atoms with Crippen molar-refractivity contribution in [2.45, 2.75) is 25.7 Å².